The molecule has 0 radical (unpaired) electrons. The molecule has 0 amide bonds. The molecule has 0 spiro atoms. The first-order chi connectivity index (χ1) is 9.79. The van der Waals surface area contributed by atoms with Crippen molar-refractivity contribution in [3.05, 3.63) is 35.4 Å². The molecular weight excluding hydrogens is 266 g/mol. The Kier molecular flexibility index (Phi) is 4.69. The van der Waals surface area contributed by atoms with Crippen LogP contribution in [0.4, 0.5) is 0 Å². The minimum atomic E-state index is 0.413. The van der Waals surface area contributed by atoms with Gasteiger partial charge in [0.25, 0.3) is 0 Å². The van der Waals surface area contributed by atoms with Crippen LogP contribution in [0.1, 0.15) is 43.4 Å². The third kappa shape index (κ3) is 2.90. The monoisotopic (exact) mass is 291 g/mol. The topological polar surface area (TPSA) is 21.3 Å². The van der Waals surface area contributed by atoms with Crippen LogP contribution in [-0.4, -0.2) is 30.3 Å². The van der Waals surface area contributed by atoms with Gasteiger partial charge in [0, 0.05) is 23.1 Å². The number of benzene rings is 1. The van der Waals surface area contributed by atoms with Crippen molar-refractivity contribution in [3.63, 3.8) is 0 Å². The van der Waals surface area contributed by atoms with Gasteiger partial charge in [-0.3, -0.25) is 0 Å². The van der Waals surface area contributed by atoms with Gasteiger partial charge in [0.2, 0.25) is 0 Å². The second-order valence-corrected chi connectivity index (χ2v) is 7.42. The Labute approximate surface area is 126 Å². The first-order valence-corrected chi connectivity index (χ1v) is 8.76. The van der Waals surface area contributed by atoms with E-state index in [-0.39, 0.29) is 0 Å². The standard InChI is InChI=1S/C17H25NOS/c1-12-15(10-11-19-12)20-16-9-5-7-13-6-3-4-8-14(13)17(16)18-2/h3-4,6,8,12,15-18H,5,7,9-11H2,1-2H3. The quantitative estimate of drug-likeness (QED) is 0.860. The average molecular weight is 291 g/mol. The Morgan fingerprint density at radius 2 is 2.05 bits per heavy atom. The van der Waals surface area contributed by atoms with Crippen LogP contribution in [0.3, 0.4) is 0 Å². The van der Waals surface area contributed by atoms with Crippen molar-refractivity contribution in [2.75, 3.05) is 13.7 Å². The fraction of sp³-hybridized carbons (Fsp3) is 0.647. The maximum absolute atomic E-state index is 5.74. The summed E-state index contributed by atoms with van der Waals surface area (Å²) in [6, 6.07) is 9.44. The summed E-state index contributed by atoms with van der Waals surface area (Å²) in [5, 5.41) is 4.91. The summed E-state index contributed by atoms with van der Waals surface area (Å²) in [6.45, 7) is 3.16. The highest BCUT2D eigenvalue weighted by molar-refractivity contribution is 8.00. The van der Waals surface area contributed by atoms with E-state index in [1.54, 1.807) is 0 Å². The van der Waals surface area contributed by atoms with E-state index in [9.17, 15) is 0 Å². The molecule has 1 saturated heterocycles. The number of nitrogens with one attached hydrogen (secondary N) is 1. The van der Waals surface area contributed by atoms with Crippen LogP contribution in [0.15, 0.2) is 24.3 Å². The second-order valence-electron chi connectivity index (χ2n) is 5.93. The highest BCUT2D eigenvalue weighted by atomic mass is 32.2. The predicted octanol–water partition coefficient (Wildman–Crippen LogP) is 3.56. The fourth-order valence-electron chi connectivity index (χ4n) is 3.53. The Morgan fingerprint density at radius 3 is 2.80 bits per heavy atom. The van der Waals surface area contributed by atoms with Crippen LogP contribution in [0.5, 0.6) is 0 Å². The molecule has 1 aromatic rings. The van der Waals surface area contributed by atoms with Gasteiger partial charge in [-0.25, -0.2) is 0 Å². The van der Waals surface area contributed by atoms with Gasteiger partial charge in [-0.15, -0.1) is 0 Å². The molecule has 0 aromatic heterocycles. The van der Waals surface area contributed by atoms with Crippen LogP contribution in [0, 0.1) is 0 Å². The molecule has 3 rings (SSSR count). The molecule has 0 saturated carbocycles. The number of aryl methyl sites for hydroxylation is 1. The van der Waals surface area contributed by atoms with Gasteiger partial charge < -0.3 is 10.1 Å². The third-order valence-corrected chi connectivity index (χ3v) is 6.49. The first kappa shape index (κ1) is 14.4. The number of ether oxygens (including phenoxy) is 1. The average Bonchev–Trinajstić information content (AvgIpc) is 2.77. The minimum Gasteiger partial charge on any atom is -0.377 e. The number of fused-ring (bicyclic) bond motifs is 1. The van der Waals surface area contributed by atoms with Crippen LogP contribution in [0.25, 0.3) is 0 Å². The zero-order valence-electron chi connectivity index (χ0n) is 12.5. The summed E-state index contributed by atoms with van der Waals surface area (Å²) in [4.78, 5) is 0. The summed E-state index contributed by atoms with van der Waals surface area (Å²) in [5.74, 6) is 0. The molecule has 0 bridgehead atoms. The molecule has 1 aliphatic heterocycles. The van der Waals surface area contributed by atoms with Crippen LogP contribution >= 0.6 is 11.8 Å². The Hall–Kier alpha value is -0.510. The normalized spacial score (nSPS) is 33.7. The molecule has 1 fully saturated rings. The summed E-state index contributed by atoms with van der Waals surface area (Å²) in [7, 11) is 2.11. The highest BCUT2D eigenvalue weighted by Gasteiger charge is 2.33. The third-order valence-electron chi connectivity index (χ3n) is 4.66. The lowest BCUT2D eigenvalue weighted by Crippen LogP contribution is -2.30. The van der Waals surface area contributed by atoms with Gasteiger partial charge in [0.15, 0.2) is 0 Å². The molecule has 2 aliphatic rings. The zero-order valence-corrected chi connectivity index (χ0v) is 13.3. The summed E-state index contributed by atoms with van der Waals surface area (Å²) < 4.78 is 5.74. The lowest BCUT2D eigenvalue weighted by Gasteiger charge is -2.29. The van der Waals surface area contributed by atoms with Crippen molar-refractivity contribution >= 4 is 11.8 Å². The molecule has 20 heavy (non-hydrogen) atoms. The molecule has 1 N–H and O–H groups in total. The largest absolute Gasteiger partial charge is 0.377 e. The molecule has 1 aliphatic carbocycles. The van der Waals surface area contributed by atoms with Gasteiger partial charge in [0.05, 0.1) is 6.10 Å². The molecular formula is C17H25NOS. The van der Waals surface area contributed by atoms with Crippen LogP contribution < -0.4 is 5.32 Å². The number of thioether (sulfide) groups is 1. The lowest BCUT2D eigenvalue weighted by atomic mass is 9.99. The van der Waals surface area contributed by atoms with E-state index in [1.165, 1.54) is 36.8 Å². The van der Waals surface area contributed by atoms with Crippen molar-refractivity contribution in [2.45, 2.75) is 55.3 Å². The van der Waals surface area contributed by atoms with E-state index in [0.29, 0.717) is 22.6 Å². The Morgan fingerprint density at radius 1 is 1.20 bits per heavy atom. The highest BCUT2D eigenvalue weighted by Crippen LogP contribution is 2.40. The Balaban J connectivity index is 1.80. The molecule has 1 heterocycles. The van der Waals surface area contributed by atoms with Crippen molar-refractivity contribution in [2.24, 2.45) is 0 Å². The molecule has 3 heteroatoms. The number of rotatable bonds is 3. The molecule has 4 unspecified atom stereocenters. The van der Waals surface area contributed by atoms with Crippen molar-refractivity contribution in [1.82, 2.24) is 5.32 Å². The molecule has 2 nitrogen and oxygen atoms in total. The Bertz CT molecular complexity index is 450. The summed E-state index contributed by atoms with van der Waals surface area (Å²) in [6.07, 6.45) is 5.45. The van der Waals surface area contributed by atoms with E-state index in [0.717, 1.165) is 6.61 Å². The smallest absolute Gasteiger partial charge is 0.0666 e. The van der Waals surface area contributed by atoms with E-state index >= 15 is 0 Å². The molecule has 1 aromatic carbocycles. The van der Waals surface area contributed by atoms with Gasteiger partial charge in [-0.2, -0.15) is 11.8 Å². The van der Waals surface area contributed by atoms with E-state index in [4.69, 9.17) is 4.74 Å². The van der Waals surface area contributed by atoms with Gasteiger partial charge in [-0.05, 0) is 50.8 Å². The molecule has 110 valence electrons. The van der Waals surface area contributed by atoms with Gasteiger partial charge in [0.1, 0.15) is 0 Å². The predicted molar refractivity (Wildman–Crippen MR) is 86.4 cm³/mol. The van der Waals surface area contributed by atoms with Crippen LogP contribution in [-0.2, 0) is 11.2 Å². The maximum Gasteiger partial charge on any atom is 0.0666 e. The number of hydrogen-bond donors (Lipinski definition) is 1. The maximum atomic E-state index is 5.74. The van der Waals surface area contributed by atoms with Crippen LogP contribution in [0.2, 0.25) is 0 Å². The van der Waals surface area contributed by atoms with E-state index in [1.807, 2.05) is 0 Å². The zero-order chi connectivity index (χ0) is 13.9. The lowest BCUT2D eigenvalue weighted by molar-refractivity contribution is 0.127. The van der Waals surface area contributed by atoms with Gasteiger partial charge >= 0.3 is 0 Å². The van der Waals surface area contributed by atoms with E-state index < -0.39 is 0 Å². The minimum absolute atomic E-state index is 0.413. The first-order valence-electron chi connectivity index (χ1n) is 7.81. The number of hydrogen-bond acceptors (Lipinski definition) is 3. The van der Waals surface area contributed by atoms with Gasteiger partial charge in [-0.1, -0.05) is 24.3 Å². The van der Waals surface area contributed by atoms with Crippen molar-refractivity contribution < 1.29 is 4.74 Å². The van der Waals surface area contributed by atoms with Crippen molar-refractivity contribution in [1.29, 1.82) is 0 Å². The SMILES string of the molecule is CNC1c2ccccc2CCCC1SC1CCOC1C. The second kappa shape index (κ2) is 6.50. The molecule has 4 atom stereocenters. The van der Waals surface area contributed by atoms with E-state index in [2.05, 4.69) is 55.3 Å². The summed E-state index contributed by atoms with van der Waals surface area (Å²) >= 11 is 2.16. The fourth-order valence-corrected chi connectivity index (χ4v) is 5.25. The summed E-state index contributed by atoms with van der Waals surface area (Å²) in [5.41, 5.74) is 3.04. The van der Waals surface area contributed by atoms with Crippen molar-refractivity contribution in [3.8, 4) is 0 Å².